The van der Waals surface area contributed by atoms with Gasteiger partial charge in [0.25, 0.3) is 0 Å². The van der Waals surface area contributed by atoms with Gasteiger partial charge in [-0.1, -0.05) is 59.2 Å². The van der Waals surface area contributed by atoms with Gasteiger partial charge < -0.3 is 14.7 Å². The molecule has 0 amide bonds. The highest BCUT2D eigenvalue weighted by Gasteiger charge is 2.02. The zero-order valence-corrected chi connectivity index (χ0v) is 15.7. The topological polar surface area (TPSA) is 68.1 Å². The van der Waals surface area contributed by atoms with E-state index in [1.54, 1.807) is 0 Å². The molecule has 142 valence electrons. The fraction of sp³-hybridized carbons (Fsp3) is 0.0909. The minimum absolute atomic E-state index is 0.447. The van der Waals surface area contributed by atoms with Crippen LogP contribution in [-0.2, 0) is 16.2 Å². The maximum atomic E-state index is 10.4. The van der Waals surface area contributed by atoms with Crippen LogP contribution >= 0.6 is 11.6 Å². The summed E-state index contributed by atoms with van der Waals surface area (Å²) in [6.45, 7) is -0.0188. The lowest BCUT2D eigenvalue weighted by molar-refractivity contribution is -0.142. The van der Waals surface area contributed by atoms with Crippen molar-refractivity contribution >= 4 is 23.8 Å². The number of oxime groups is 1. The van der Waals surface area contributed by atoms with Crippen LogP contribution in [0.4, 0.5) is 0 Å². The zero-order chi connectivity index (χ0) is 19.8. The largest absolute Gasteiger partial charge is 0.489 e. The average molecular weight is 396 g/mol. The molecule has 0 heterocycles. The number of rotatable bonds is 8. The monoisotopic (exact) mass is 395 g/mol. The SMILES string of the molecule is O=C(O)CO/N=C/c1cccc(-c2ccc(OCc3cccc(Cl)c3)cc2)c1. The first-order valence-corrected chi connectivity index (χ1v) is 8.93. The van der Waals surface area contributed by atoms with Gasteiger partial charge in [-0.15, -0.1) is 0 Å². The number of benzene rings is 3. The van der Waals surface area contributed by atoms with Crippen molar-refractivity contribution in [2.24, 2.45) is 5.16 Å². The van der Waals surface area contributed by atoms with E-state index in [0.717, 1.165) is 28.0 Å². The molecule has 1 N–H and O–H groups in total. The third-order valence-corrected chi connectivity index (χ3v) is 4.07. The fourth-order valence-electron chi connectivity index (χ4n) is 2.53. The molecule has 28 heavy (non-hydrogen) atoms. The number of hydrogen-bond acceptors (Lipinski definition) is 4. The maximum Gasteiger partial charge on any atom is 0.344 e. The molecule has 3 aromatic rings. The van der Waals surface area contributed by atoms with E-state index < -0.39 is 12.6 Å². The molecule has 3 aromatic carbocycles. The van der Waals surface area contributed by atoms with Gasteiger partial charge in [0.2, 0.25) is 6.61 Å². The lowest BCUT2D eigenvalue weighted by Crippen LogP contribution is -2.03. The summed E-state index contributed by atoms with van der Waals surface area (Å²) in [5.41, 5.74) is 3.85. The van der Waals surface area contributed by atoms with Crippen LogP contribution in [0.5, 0.6) is 5.75 Å². The van der Waals surface area contributed by atoms with Crippen LogP contribution in [0.2, 0.25) is 5.02 Å². The smallest absolute Gasteiger partial charge is 0.344 e. The summed E-state index contributed by atoms with van der Waals surface area (Å²) in [5.74, 6) is -0.299. The van der Waals surface area contributed by atoms with Crippen molar-refractivity contribution in [3.63, 3.8) is 0 Å². The second-order valence-electron chi connectivity index (χ2n) is 5.97. The number of aliphatic carboxylic acids is 1. The van der Waals surface area contributed by atoms with E-state index in [2.05, 4.69) is 9.99 Å². The van der Waals surface area contributed by atoms with Gasteiger partial charge in [0, 0.05) is 5.02 Å². The minimum Gasteiger partial charge on any atom is -0.489 e. The van der Waals surface area contributed by atoms with Crippen LogP contribution in [0.1, 0.15) is 11.1 Å². The lowest BCUT2D eigenvalue weighted by atomic mass is 10.0. The number of carbonyl (C=O) groups is 1. The van der Waals surface area contributed by atoms with Gasteiger partial charge in [-0.3, -0.25) is 0 Å². The normalized spacial score (nSPS) is 10.8. The molecular formula is C22H18ClNO4. The highest BCUT2D eigenvalue weighted by molar-refractivity contribution is 6.30. The summed E-state index contributed by atoms with van der Waals surface area (Å²) in [4.78, 5) is 15.1. The first kappa shape index (κ1) is 19.5. The quantitative estimate of drug-likeness (QED) is 0.429. The molecular weight excluding hydrogens is 378 g/mol. The number of halogens is 1. The summed E-state index contributed by atoms with van der Waals surface area (Å²) in [6, 6.07) is 23.0. The van der Waals surface area contributed by atoms with Gasteiger partial charge >= 0.3 is 5.97 Å². The van der Waals surface area contributed by atoms with E-state index >= 15 is 0 Å². The summed E-state index contributed by atoms with van der Waals surface area (Å²) in [6.07, 6.45) is 1.48. The second-order valence-corrected chi connectivity index (χ2v) is 6.41. The highest BCUT2D eigenvalue weighted by Crippen LogP contribution is 2.24. The van der Waals surface area contributed by atoms with Crippen molar-refractivity contribution < 1.29 is 19.5 Å². The molecule has 0 unspecified atom stereocenters. The highest BCUT2D eigenvalue weighted by atomic mass is 35.5. The van der Waals surface area contributed by atoms with E-state index in [1.807, 2.05) is 72.8 Å². The van der Waals surface area contributed by atoms with Crippen LogP contribution in [0.25, 0.3) is 11.1 Å². The Kier molecular flexibility index (Phi) is 6.65. The number of nitrogens with zero attached hydrogens (tertiary/aromatic N) is 1. The van der Waals surface area contributed by atoms with Crippen LogP contribution < -0.4 is 4.74 Å². The Balaban J connectivity index is 1.63. The first-order chi connectivity index (χ1) is 13.6. The van der Waals surface area contributed by atoms with Crippen LogP contribution in [0.15, 0.2) is 78.0 Å². The average Bonchev–Trinajstić information content (AvgIpc) is 2.70. The van der Waals surface area contributed by atoms with Crippen molar-refractivity contribution in [1.29, 1.82) is 0 Å². The second kappa shape index (κ2) is 9.58. The molecule has 3 rings (SSSR count). The molecule has 0 aliphatic rings. The van der Waals surface area contributed by atoms with E-state index in [-0.39, 0.29) is 0 Å². The summed E-state index contributed by atoms with van der Waals surface area (Å²) in [5, 5.41) is 12.9. The summed E-state index contributed by atoms with van der Waals surface area (Å²) >= 11 is 5.98. The Hall–Kier alpha value is -3.31. The van der Waals surface area contributed by atoms with Crippen LogP contribution in [-0.4, -0.2) is 23.9 Å². The molecule has 0 spiro atoms. The number of carboxylic acid groups (broad SMARTS) is 1. The van der Waals surface area contributed by atoms with E-state index in [9.17, 15) is 4.79 Å². The zero-order valence-electron chi connectivity index (χ0n) is 14.9. The number of carboxylic acids is 1. The van der Waals surface area contributed by atoms with Crippen molar-refractivity contribution in [2.45, 2.75) is 6.61 Å². The summed E-state index contributed by atoms with van der Waals surface area (Å²) in [7, 11) is 0. The van der Waals surface area contributed by atoms with Crippen LogP contribution in [0.3, 0.4) is 0 Å². The molecule has 0 aromatic heterocycles. The van der Waals surface area contributed by atoms with Gasteiger partial charge in [0.15, 0.2) is 0 Å². The van der Waals surface area contributed by atoms with E-state index in [0.29, 0.717) is 11.6 Å². The van der Waals surface area contributed by atoms with Crippen molar-refractivity contribution in [3.05, 3.63) is 88.9 Å². The molecule has 0 radical (unpaired) electrons. The molecule has 0 aliphatic heterocycles. The van der Waals surface area contributed by atoms with Crippen LogP contribution in [0, 0.1) is 0 Å². The van der Waals surface area contributed by atoms with Crippen molar-refractivity contribution in [3.8, 4) is 16.9 Å². The molecule has 0 saturated heterocycles. The van der Waals surface area contributed by atoms with Gasteiger partial charge in [-0.05, 0) is 52.6 Å². The lowest BCUT2D eigenvalue weighted by Gasteiger charge is -2.08. The van der Waals surface area contributed by atoms with E-state index in [1.165, 1.54) is 6.21 Å². The standard InChI is InChI=1S/C22H18ClNO4/c23-20-6-2-4-17(12-20)14-27-21-9-7-18(8-10-21)19-5-1-3-16(11-19)13-24-28-15-22(25)26/h1-13H,14-15H2,(H,25,26)/b24-13+. The molecule has 0 bridgehead atoms. The fourth-order valence-corrected chi connectivity index (χ4v) is 2.74. The maximum absolute atomic E-state index is 10.4. The number of ether oxygens (including phenoxy) is 1. The third-order valence-electron chi connectivity index (χ3n) is 3.83. The molecule has 6 heteroatoms. The third kappa shape index (κ3) is 5.86. The molecule has 0 atom stereocenters. The Labute approximate surface area is 167 Å². The van der Waals surface area contributed by atoms with Crippen molar-refractivity contribution in [1.82, 2.24) is 0 Å². The molecule has 5 nitrogen and oxygen atoms in total. The Morgan fingerprint density at radius 2 is 1.79 bits per heavy atom. The first-order valence-electron chi connectivity index (χ1n) is 8.55. The van der Waals surface area contributed by atoms with Gasteiger partial charge in [0.05, 0.1) is 6.21 Å². The van der Waals surface area contributed by atoms with Crippen molar-refractivity contribution in [2.75, 3.05) is 6.61 Å². The van der Waals surface area contributed by atoms with Gasteiger partial charge in [-0.25, -0.2) is 4.79 Å². The summed E-state index contributed by atoms with van der Waals surface area (Å²) < 4.78 is 5.80. The number of hydrogen-bond donors (Lipinski definition) is 1. The Morgan fingerprint density at radius 3 is 2.54 bits per heavy atom. The Morgan fingerprint density at radius 1 is 1.00 bits per heavy atom. The molecule has 0 aliphatic carbocycles. The predicted molar refractivity (Wildman–Crippen MR) is 109 cm³/mol. The predicted octanol–water partition coefficient (Wildman–Crippen LogP) is 5.02. The Bertz CT molecular complexity index is 970. The van der Waals surface area contributed by atoms with Gasteiger partial charge in [-0.2, -0.15) is 0 Å². The van der Waals surface area contributed by atoms with Gasteiger partial charge in [0.1, 0.15) is 12.4 Å². The molecule has 0 saturated carbocycles. The molecule has 0 fully saturated rings. The van der Waals surface area contributed by atoms with E-state index in [4.69, 9.17) is 21.4 Å². The minimum atomic E-state index is -1.07.